The second-order valence-electron chi connectivity index (χ2n) is 6.52. The van der Waals surface area contributed by atoms with Crippen molar-refractivity contribution in [2.75, 3.05) is 12.3 Å². The van der Waals surface area contributed by atoms with Crippen molar-refractivity contribution >= 4 is 27.3 Å². The predicted molar refractivity (Wildman–Crippen MR) is 83.7 cm³/mol. The number of amides is 1. The van der Waals surface area contributed by atoms with E-state index < -0.39 is 37.6 Å². The van der Waals surface area contributed by atoms with Crippen molar-refractivity contribution in [2.24, 2.45) is 5.41 Å². The molecule has 126 valence electrons. The molecule has 0 saturated carbocycles. The van der Waals surface area contributed by atoms with Crippen LogP contribution < -0.4 is 10.6 Å². The van der Waals surface area contributed by atoms with E-state index in [2.05, 4.69) is 10.6 Å². The lowest BCUT2D eigenvalue weighted by atomic mass is 9.92. The summed E-state index contributed by atoms with van der Waals surface area (Å²) in [5, 5.41) is 5.16. The first-order valence-electron chi connectivity index (χ1n) is 7.35. The molecule has 2 N–H and O–H groups in total. The van der Waals surface area contributed by atoms with Gasteiger partial charge in [-0.2, -0.15) is 0 Å². The summed E-state index contributed by atoms with van der Waals surface area (Å²) in [5.41, 5.74) is -1.06. The molecule has 1 aliphatic heterocycles. The lowest BCUT2D eigenvalue weighted by molar-refractivity contribution is -0.128. The van der Waals surface area contributed by atoms with Gasteiger partial charge in [0.25, 0.3) is 0 Å². The zero-order valence-electron chi connectivity index (χ0n) is 13.6. The van der Waals surface area contributed by atoms with E-state index in [4.69, 9.17) is 0 Å². The summed E-state index contributed by atoms with van der Waals surface area (Å²) >= 11 is 0. The van der Waals surface area contributed by atoms with Crippen molar-refractivity contribution in [1.82, 2.24) is 10.6 Å². The Hall–Kier alpha value is -1.96. The summed E-state index contributed by atoms with van der Waals surface area (Å²) in [6.45, 7) is 6.74. The van der Waals surface area contributed by atoms with E-state index in [0.717, 1.165) is 0 Å². The Morgan fingerprint density at radius 2 is 1.83 bits per heavy atom. The zero-order chi connectivity index (χ0) is 17.6. The molecule has 1 aliphatic carbocycles. The summed E-state index contributed by atoms with van der Waals surface area (Å²) < 4.78 is 24.4. The fourth-order valence-electron chi connectivity index (χ4n) is 2.37. The first-order chi connectivity index (χ1) is 10.5. The van der Waals surface area contributed by atoms with Gasteiger partial charge in [0.15, 0.2) is 9.84 Å². The molecule has 0 aromatic heterocycles. The molecule has 0 radical (unpaired) electrons. The number of hydrogen-bond donors (Lipinski definition) is 2. The molecule has 0 aromatic rings. The second kappa shape index (κ2) is 5.59. The normalized spacial score (nSPS) is 21.0. The highest BCUT2D eigenvalue weighted by molar-refractivity contribution is 7.96. The minimum atomic E-state index is -3.84. The monoisotopic (exact) mass is 340 g/mol. The molecule has 0 spiro atoms. The second-order valence-corrected chi connectivity index (χ2v) is 8.57. The summed E-state index contributed by atoms with van der Waals surface area (Å²) in [7, 11) is -3.84. The van der Waals surface area contributed by atoms with Gasteiger partial charge in [0.2, 0.25) is 17.5 Å². The topological polar surface area (TPSA) is 109 Å². The van der Waals surface area contributed by atoms with Gasteiger partial charge >= 0.3 is 0 Å². The first-order valence-corrected chi connectivity index (χ1v) is 9.00. The molecule has 0 atom stereocenters. The molecule has 0 fully saturated rings. The van der Waals surface area contributed by atoms with Gasteiger partial charge in [-0.3, -0.25) is 14.4 Å². The largest absolute Gasteiger partial charge is 0.380 e. The van der Waals surface area contributed by atoms with Crippen molar-refractivity contribution in [1.29, 1.82) is 0 Å². The molecule has 1 amide bonds. The molecular formula is C15H20N2O5S. The van der Waals surface area contributed by atoms with Gasteiger partial charge in [0.1, 0.15) is 10.6 Å². The highest BCUT2D eigenvalue weighted by atomic mass is 32.2. The Balaban J connectivity index is 2.56. The van der Waals surface area contributed by atoms with Crippen LogP contribution in [0, 0.1) is 5.41 Å². The van der Waals surface area contributed by atoms with Gasteiger partial charge in [-0.05, 0) is 6.42 Å². The third-order valence-corrected chi connectivity index (χ3v) is 5.47. The van der Waals surface area contributed by atoms with Crippen LogP contribution in [0.15, 0.2) is 21.9 Å². The van der Waals surface area contributed by atoms with Crippen LogP contribution in [-0.2, 0) is 24.2 Å². The molecule has 2 rings (SSSR count). The smallest absolute Gasteiger partial charge is 0.229 e. The Labute approximate surface area is 135 Å². The van der Waals surface area contributed by atoms with E-state index in [1.807, 2.05) is 0 Å². The zero-order valence-corrected chi connectivity index (χ0v) is 14.4. The van der Waals surface area contributed by atoms with Gasteiger partial charge in [-0.25, -0.2) is 8.42 Å². The van der Waals surface area contributed by atoms with Crippen LogP contribution in [0.4, 0.5) is 0 Å². The number of sulfone groups is 1. The standard InChI is InChI=1S/C15H20N2O5S/c1-5-8-9(17-14(20)15(2,3)4)12(19)13-10(11(8)18)16-6-7-23(13,21)22/h16H,5-7H2,1-4H3,(H,17,20). The molecule has 0 unspecified atom stereocenters. The highest BCUT2D eigenvalue weighted by Gasteiger charge is 2.43. The fourth-order valence-corrected chi connectivity index (χ4v) is 3.81. The lowest BCUT2D eigenvalue weighted by Gasteiger charge is -2.28. The van der Waals surface area contributed by atoms with E-state index in [9.17, 15) is 22.8 Å². The van der Waals surface area contributed by atoms with Crippen LogP contribution in [0.3, 0.4) is 0 Å². The maximum Gasteiger partial charge on any atom is 0.229 e. The Bertz CT molecular complexity index is 766. The Kier molecular flexibility index (Phi) is 4.23. The fraction of sp³-hybridized carbons (Fsp3) is 0.533. The molecule has 0 saturated heterocycles. The van der Waals surface area contributed by atoms with Crippen molar-refractivity contribution in [3.05, 3.63) is 21.9 Å². The molecule has 1 heterocycles. The third kappa shape index (κ3) is 2.95. The minimum absolute atomic E-state index is 0.0842. The van der Waals surface area contributed by atoms with Crippen LogP contribution >= 0.6 is 0 Å². The van der Waals surface area contributed by atoms with E-state index in [1.165, 1.54) is 0 Å². The van der Waals surface area contributed by atoms with Gasteiger partial charge in [0.05, 0.1) is 11.4 Å². The van der Waals surface area contributed by atoms with Crippen molar-refractivity contribution in [3.8, 4) is 0 Å². The number of ketones is 2. The molecule has 8 heteroatoms. The average Bonchev–Trinajstić information content (AvgIpc) is 2.42. The van der Waals surface area contributed by atoms with Crippen LogP contribution in [-0.4, -0.2) is 38.2 Å². The van der Waals surface area contributed by atoms with E-state index in [1.54, 1.807) is 27.7 Å². The lowest BCUT2D eigenvalue weighted by Crippen LogP contribution is -2.46. The molecule has 0 aromatic carbocycles. The molecule has 2 aliphatic rings. The summed E-state index contributed by atoms with van der Waals surface area (Å²) in [6.07, 6.45) is 0.211. The number of allylic oxidation sites excluding steroid dienone is 2. The predicted octanol–water partition coefficient (Wildman–Crippen LogP) is 0.194. The van der Waals surface area contributed by atoms with Gasteiger partial charge in [-0.1, -0.05) is 27.7 Å². The van der Waals surface area contributed by atoms with Crippen LogP contribution in [0.5, 0.6) is 0 Å². The number of carbonyl (C=O) groups is 3. The highest BCUT2D eigenvalue weighted by Crippen LogP contribution is 2.30. The number of Topliss-reactive ketones (excluding diaryl/α,β-unsaturated/α-hetero) is 2. The Morgan fingerprint density at radius 1 is 1.22 bits per heavy atom. The molecular weight excluding hydrogens is 320 g/mol. The third-order valence-electron chi connectivity index (χ3n) is 3.72. The number of nitrogens with one attached hydrogen (secondary N) is 2. The summed E-state index contributed by atoms with van der Waals surface area (Å²) in [5.74, 6) is -2.08. The van der Waals surface area contributed by atoms with E-state index >= 15 is 0 Å². The molecule has 7 nitrogen and oxygen atoms in total. The minimum Gasteiger partial charge on any atom is -0.380 e. The average molecular weight is 340 g/mol. The number of carbonyl (C=O) groups excluding carboxylic acids is 3. The van der Waals surface area contributed by atoms with Gasteiger partial charge in [0, 0.05) is 17.5 Å². The number of rotatable bonds is 2. The van der Waals surface area contributed by atoms with Gasteiger partial charge < -0.3 is 10.6 Å². The van der Waals surface area contributed by atoms with Crippen molar-refractivity contribution < 1.29 is 22.8 Å². The van der Waals surface area contributed by atoms with Gasteiger partial charge in [-0.15, -0.1) is 0 Å². The summed E-state index contributed by atoms with van der Waals surface area (Å²) in [6, 6.07) is 0. The van der Waals surface area contributed by atoms with Crippen molar-refractivity contribution in [2.45, 2.75) is 34.1 Å². The van der Waals surface area contributed by atoms with Crippen LogP contribution in [0.25, 0.3) is 0 Å². The van der Waals surface area contributed by atoms with Crippen LogP contribution in [0.2, 0.25) is 0 Å². The summed E-state index contributed by atoms with van der Waals surface area (Å²) in [4.78, 5) is 36.8. The van der Waals surface area contributed by atoms with E-state index in [-0.39, 0.29) is 35.7 Å². The van der Waals surface area contributed by atoms with E-state index in [0.29, 0.717) is 0 Å². The van der Waals surface area contributed by atoms with Crippen LogP contribution in [0.1, 0.15) is 34.1 Å². The van der Waals surface area contributed by atoms with Crippen molar-refractivity contribution in [3.63, 3.8) is 0 Å². The Morgan fingerprint density at radius 3 is 2.35 bits per heavy atom. The molecule has 0 bridgehead atoms. The number of hydrogen-bond acceptors (Lipinski definition) is 6. The SMILES string of the molecule is CCC1=C(NC(=O)C(C)(C)C)C(=O)C2=C(NCCS2(=O)=O)C1=O. The quantitative estimate of drug-likeness (QED) is 0.695. The maximum absolute atomic E-state index is 12.7. The molecule has 23 heavy (non-hydrogen) atoms. The first kappa shape index (κ1) is 17.4. The maximum atomic E-state index is 12.7.